The maximum Gasteiger partial charge on any atom is 0.324 e. The second-order valence-electron chi connectivity index (χ2n) is 5.91. The fraction of sp³-hybridized carbons (Fsp3) is 0.933. The number of rotatable bonds is 6. The number of likely N-dealkylation sites (N-methyl/N-ethyl adjacent to an activating group) is 1. The van der Waals surface area contributed by atoms with Gasteiger partial charge in [0.1, 0.15) is 6.04 Å². The predicted molar refractivity (Wildman–Crippen MR) is 79.7 cm³/mol. The van der Waals surface area contributed by atoms with Crippen molar-refractivity contribution in [2.24, 2.45) is 0 Å². The highest BCUT2D eigenvalue weighted by Crippen LogP contribution is 2.24. The van der Waals surface area contributed by atoms with Crippen molar-refractivity contribution in [1.29, 1.82) is 0 Å². The predicted octanol–water partition coefficient (Wildman–Crippen LogP) is 0.698. The molecule has 20 heavy (non-hydrogen) atoms. The highest BCUT2D eigenvalue weighted by Gasteiger charge is 2.28. The van der Waals surface area contributed by atoms with Gasteiger partial charge in [-0.25, -0.2) is 0 Å². The van der Waals surface area contributed by atoms with E-state index in [0.717, 1.165) is 45.3 Å². The van der Waals surface area contributed by atoms with Gasteiger partial charge in [-0.1, -0.05) is 19.8 Å². The van der Waals surface area contributed by atoms with Gasteiger partial charge in [0, 0.05) is 38.8 Å². The molecule has 1 heterocycles. The van der Waals surface area contributed by atoms with E-state index in [1.807, 2.05) is 6.92 Å². The van der Waals surface area contributed by atoms with Gasteiger partial charge in [-0.15, -0.1) is 0 Å². The van der Waals surface area contributed by atoms with E-state index < -0.39 is 0 Å². The maximum atomic E-state index is 11.7. The summed E-state index contributed by atoms with van der Waals surface area (Å²) in [5, 5.41) is 3.22. The van der Waals surface area contributed by atoms with Gasteiger partial charge in [0.25, 0.3) is 0 Å². The Morgan fingerprint density at radius 3 is 2.45 bits per heavy atom. The van der Waals surface area contributed by atoms with Crippen molar-refractivity contribution in [1.82, 2.24) is 15.1 Å². The van der Waals surface area contributed by atoms with Crippen LogP contribution >= 0.6 is 0 Å². The first kappa shape index (κ1) is 15.7. The summed E-state index contributed by atoms with van der Waals surface area (Å²) in [4.78, 5) is 16.8. The zero-order chi connectivity index (χ0) is 14.4. The third kappa shape index (κ3) is 4.17. The van der Waals surface area contributed by atoms with Crippen LogP contribution < -0.4 is 5.32 Å². The summed E-state index contributed by atoms with van der Waals surface area (Å²) in [5.74, 6) is -0.148. The lowest BCUT2D eigenvalue weighted by atomic mass is 10.1. The van der Waals surface area contributed by atoms with E-state index in [0.29, 0.717) is 0 Å². The summed E-state index contributed by atoms with van der Waals surface area (Å²) in [7, 11) is 1.46. The molecule has 0 aromatic rings. The lowest BCUT2D eigenvalue weighted by Gasteiger charge is -2.39. The molecule has 1 aliphatic heterocycles. The minimum Gasteiger partial charge on any atom is -0.468 e. The first-order valence-corrected chi connectivity index (χ1v) is 8.02. The molecule has 116 valence electrons. The van der Waals surface area contributed by atoms with Crippen molar-refractivity contribution in [3.05, 3.63) is 0 Å². The molecular weight excluding hydrogens is 254 g/mol. The molecule has 5 nitrogen and oxygen atoms in total. The molecule has 0 aromatic carbocycles. The number of ether oxygens (including phenoxy) is 1. The maximum absolute atomic E-state index is 11.7. The van der Waals surface area contributed by atoms with Crippen LogP contribution in [0.3, 0.4) is 0 Å². The molecule has 2 aliphatic rings. The summed E-state index contributed by atoms with van der Waals surface area (Å²) < 4.78 is 4.87. The van der Waals surface area contributed by atoms with E-state index >= 15 is 0 Å². The first-order valence-electron chi connectivity index (χ1n) is 8.02. The molecule has 2 fully saturated rings. The minimum atomic E-state index is -0.192. The Balaban J connectivity index is 1.75. The Kier molecular flexibility index (Phi) is 6.26. The van der Waals surface area contributed by atoms with Gasteiger partial charge in [-0.05, 0) is 19.4 Å². The van der Waals surface area contributed by atoms with E-state index in [9.17, 15) is 4.79 Å². The second kappa shape index (κ2) is 7.96. The Labute approximate surface area is 122 Å². The zero-order valence-corrected chi connectivity index (χ0v) is 12.9. The van der Waals surface area contributed by atoms with Crippen LogP contribution in [-0.4, -0.2) is 74.2 Å². The van der Waals surface area contributed by atoms with Crippen LogP contribution in [0.4, 0.5) is 0 Å². The molecule has 5 heteroatoms. The summed E-state index contributed by atoms with van der Waals surface area (Å²) in [6.45, 7) is 7.99. The number of nitrogens with zero attached hydrogens (tertiary/aromatic N) is 2. The Morgan fingerprint density at radius 1 is 1.25 bits per heavy atom. The largest absolute Gasteiger partial charge is 0.468 e. The fourth-order valence-corrected chi connectivity index (χ4v) is 3.45. The molecule has 1 unspecified atom stereocenters. The van der Waals surface area contributed by atoms with E-state index in [1.165, 1.54) is 32.8 Å². The molecule has 1 N–H and O–H groups in total. The van der Waals surface area contributed by atoms with Gasteiger partial charge in [-0.2, -0.15) is 0 Å². The van der Waals surface area contributed by atoms with E-state index in [-0.39, 0.29) is 12.0 Å². The molecule has 1 saturated carbocycles. The third-order valence-corrected chi connectivity index (χ3v) is 4.62. The average Bonchev–Trinajstić information content (AvgIpc) is 3.01. The normalized spacial score (nSPS) is 23.9. The number of carbonyl (C=O) groups is 1. The number of carbonyl (C=O) groups excluding carboxylic acids is 1. The molecule has 2 rings (SSSR count). The van der Waals surface area contributed by atoms with Gasteiger partial charge < -0.3 is 10.1 Å². The number of hydrogen-bond acceptors (Lipinski definition) is 5. The fourth-order valence-electron chi connectivity index (χ4n) is 3.45. The SMILES string of the molecule is CCNC(CN1CCN(C2CCCC2)CC1)C(=O)OC. The van der Waals surface area contributed by atoms with Gasteiger partial charge in [0.2, 0.25) is 0 Å². The summed E-state index contributed by atoms with van der Waals surface area (Å²) in [6, 6.07) is 0.630. The van der Waals surface area contributed by atoms with Gasteiger partial charge in [0.05, 0.1) is 7.11 Å². The summed E-state index contributed by atoms with van der Waals surface area (Å²) >= 11 is 0. The highest BCUT2D eigenvalue weighted by atomic mass is 16.5. The Bertz CT molecular complexity index is 297. The first-order chi connectivity index (χ1) is 9.74. The van der Waals surface area contributed by atoms with Crippen LogP contribution in [0.25, 0.3) is 0 Å². The standard InChI is InChI=1S/C15H29N3O2/c1-3-16-14(15(19)20-2)12-17-8-10-18(11-9-17)13-6-4-5-7-13/h13-14,16H,3-12H2,1-2H3. The van der Waals surface area contributed by atoms with Crippen LogP contribution in [0.2, 0.25) is 0 Å². The molecular formula is C15H29N3O2. The zero-order valence-electron chi connectivity index (χ0n) is 12.9. The Hall–Kier alpha value is -0.650. The van der Waals surface area contributed by atoms with Crippen molar-refractivity contribution in [2.75, 3.05) is 46.4 Å². The van der Waals surface area contributed by atoms with Crippen LogP contribution in [0.15, 0.2) is 0 Å². The molecule has 1 saturated heterocycles. The highest BCUT2D eigenvalue weighted by molar-refractivity contribution is 5.75. The van der Waals surface area contributed by atoms with Gasteiger partial charge in [0.15, 0.2) is 0 Å². The molecule has 1 aliphatic carbocycles. The lowest BCUT2D eigenvalue weighted by molar-refractivity contribution is -0.143. The quantitative estimate of drug-likeness (QED) is 0.727. The van der Waals surface area contributed by atoms with Crippen molar-refractivity contribution >= 4 is 5.97 Å². The van der Waals surface area contributed by atoms with E-state index in [2.05, 4.69) is 15.1 Å². The van der Waals surface area contributed by atoms with Crippen LogP contribution in [0, 0.1) is 0 Å². The van der Waals surface area contributed by atoms with Gasteiger partial charge >= 0.3 is 5.97 Å². The number of piperazine rings is 1. The topological polar surface area (TPSA) is 44.8 Å². The molecule has 0 bridgehead atoms. The molecule has 1 atom stereocenters. The van der Waals surface area contributed by atoms with Crippen LogP contribution in [-0.2, 0) is 9.53 Å². The van der Waals surface area contributed by atoms with Crippen molar-refractivity contribution in [3.8, 4) is 0 Å². The molecule has 0 aromatic heterocycles. The molecule has 0 amide bonds. The molecule has 0 radical (unpaired) electrons. The van der Waals surface area contributed by atoms with Crippen molar-refractivity contribution < 1.29 is 9.53 Å². The third-order valence-electron chi connectivity index (χ3n) is 4.62. The number of nitrogens with one attached hydrogen (secondary N) is 1. The average molecular weight is 283 g/mol. The van der Waals surface area contributed by atoms with Crippen LogP contribution in [0.1, 0.15) is 32.6 Å². The number of hydrogen-bond donors (Lipinski definition) is 1. The summed E-state index contributed by atoms with van der Waals surface area (Å²) in [6.07, 6.45) is 5.55. The number of esters is 1. The Morgan fingerprint density at radius 2 is 1.90 bits per heavy atom. The second-order valence-corrected chi connectivity index (χ2v) is 5.91. The van der Waals surface area contributed by atoms with Crippen molar-refractivity contribution in [2.45, 2.75) is 44.7 Å². The summed E-state index contributed by atoms with van der Waals surface area (Å²) in [5.41, 5.74) is 0. The van der Waals surface area contributed by atoms with Gasteiger partial charge in [-0.3, -0.25) is 14.6 Å². The smallest absolute Gasteiger partial charge is 0.324 e. The van der Waals surface area contributed by atoms with Crippen LogP contribution in [0.5, 0.6) is 0 Å². The lowest BCUT2D eigenvalue weighted by Crippen LogP contribution is -2.54. The van der Waals surface area contributed by atoms with Crippen molar-refractivity contribution in [3.63, 3.8) is 0 Å². The minimum absolute atomic E-state index is 0.148. The number of methoxy groups -OCH3 is 1. The molecule has 0 spiro atoms. The monoisotopic (exact) mass is 283 g/mol. The van der Waals surface area contributed by atoms with E-state index in [4.69, 9.17) is 4.74 Å². The van der Waals surface area contributed by atoms with E-state index in [1.54, 1.807) is 0 Å².